The molecule has 250 valence electrons. The van der Waals surface area contributed by atoms with Gasteiger partial charge >= 0.3 is 0 Å². The number of rotatable bonds is 8. The zero-order valence-corrected chi connectivity index (χ0v) is 28.7. The largest absolute Gasteiger partial charge is 0.351 e. The highest BCUT2D eigenvalue weighted by Gasteiger charge is 2.49. The van der Waals surface area contributed by atoms with Gasteiger partial charge in [-0.15, -0.1) is 24.8 Å². The lowest BCUT2D eigenvalue weighted by Crippen LogP contribution is -2.63. The first-order valence-electron chi connectivity index (χ1n) is 16.0. The molecule has 0 aromatic heterocycles. The molecule has 8 nitrogen and oxygen atoms in total. The molecule has 1 aliphatic carbocycles. The molecule has 11 heteroatoms. The SMILES string of the molecule is CC(C)[C@H]1CN[C@H](C(=O)N[C@H](Cc2ccc(F)cc2)C(=O)N2CCC(C(=O)NC(C)(C)C)(C3CCCCC3)CC2)CN1.Cl.Cl. The van der Waals surface area contributed by atoms with Gasteiger partial charge in [0.15, 0.2) is 0 Å². The van der Waals surface area contributed by atoms with Crippen molar-refractivity contribution in [2.45, 2.75) is 110 Å². The third kappa shape index (κ3) is 9.78. The number of piperazine rings is 1. The first-order chi connectivity index (χ1) is 19.9. The number of halogens is 3. The van der Waals surface area contributed by atoms with Gasteiger partial charge < -0.3 is 26.2 Å². The fraction of sp³-hybridized carbons (Fsp3) is 0.727. The van der Waals surface area contributed by atoms with Crippen molar-refractivity contribution in [1.82, 2.24) is 26.2 Å². The van der Waals surface area contributed by atoms with E-state index >= 15 is 0 Å². The van der Waals surface area contributed by atoms with E-state index in [1.807, 2.05) is 25.7 Å². The van der Waals surface area contributed by atoms with Crippen molar-refractivity contribution in [1.29, 1.82) is 0 Å². The molecule has 4 rings (SSSR count). The number of carbonyl (C=O) groups is 3. The Morgan fingerprint density at radius 2 is 1.59 bits per heavy atom. The summed E-state index contributed by atoms with van der Waals surface area (Å²) in [5, 5.41) is 13.1. The maximum Gasteiger partial charge on any atom is 0.245 e. The molecule has 1 aromatic rings. The maximum atomic E-state index is 14.0. The van der Waals surface area contributed by atoms with Gasteiger partial charge in [0.25, 0.3) is 0 Å². The summed E-state index contributed by atoms with van der Waals surface area (Å²) in [4.78, 5) is 43.0. The van der Waals surface area contributed by atoms with Crippen LogP contribution >= 0.6 is 24.8 Å². The summed E-state index contributed by atoms with van der Waals surface area (Å²) in [6, 6.07) is 5.16. The average Bonchev–Trinajstić information content (AvgIpc) is 2.97. The van der Waals surface area contributed by atoms with E-state index in [1.54, 1.807) is 12.1 Å². The molecular weight excluding hydrogens is 604 g/mol. The Bertz CT molecular complexity index is 1080. The number of piperidine rings is 1. The summed E-state index contributed by atoms with van der Waals surface area (Å²) >= 11 is 0. The van der Waals surface area contributed by atoms with Crippen LogP contribution in [0.25, 0.3) is 0 Å². The van der Waals surface area contributed by atoms with E-state index < -0.39 is 17.5 Å². The fourth-order valence-electron chi connectivity index (χ4n) is 6.96. The summed E-state index contributed by atoms with van der Waals surface area (Å²) in [5.74, 6) is 0.167. The average molecular weight is 659 g/mol. The lowest BCUT2D eigenvalue weighted by atomic mass is 9.63. The highest BCUT2D eigenvalue weighted by Crippen LogP contribution is 2.46. The summed E-state index contributed by atoms with van der Waals surface area (Å²) in [5.41, 5.74) is -0.0269. The van der Waals surface area contributed by atoms with Crippen LogP contribution < -0.4 is 21.3 Å². The van der Waals surface area contributed by atoms with Crippen molar-refractivity contribution in [3.05, 3.63) is 35.6 Å². The zero-order chi connectivity index (χ0) is 30.5. The van der Waals surface area contributed by atoms with E-state index in [4.69, 9.17) is 0 Å². The molecule has 0 bridgehead atoms. The Hall–Kier alpha value is -1.94. The lowest BCUT2D eigenvalue weighted by molar-refractivity contribution is -0.147. The third-order valence-corrected chi connectivity index (χ3v) is 9.55. The summed E-state index contributed by atoms with van der Waals surface area (Å²) < 4.78 is 13.6. The minimum absolute atomic E-state index is 0. The predicted octanol–water partition coefficient (Wildman–Crippen LogP) is 4.39. The number of carbonyl (C=O) groups excluding carboxylic acids is 3. The van der Waals surface area contributed by atoms with E-state index in [-0.39, 0.29) is 60.3 Å². The van der Waals surface area contributed by atoms with E-state index in [9.17, 15) is 18.8 Å². The molecule has 2 saturated heterocycles. The van der Waals surface area contributed by atoms with Gasteiger partial charge in [-0.3, -0.25) is 14.4 Å². The highest BCUT2D eigenvalue weighted by molar-refractivity contribution is 5.91. The summed E-state index contributed by atoms with van der Waals surface area (Å²) in [6.07, 6.45) is 7.11. The molecular formula is C33H54Cl2FN5O3. The first kappa shape index (κ1) is 38.2. The van der Waals surface area contributed by atoms with Gasteiger partial charge in [-0.25, -0.2) is 4.39 Å². The van der Waals surface area contributed by atoms with Crippen LogP contribution in [-0.4, -0.2) is 72.5 Å². The maximum absolute atomic E-state index is 14.0. The van der Waals surface area contributed by atoms with Gasteiger partial charge in [0.05, 0.1) is 11.5 Å². The summed E-state index contributed by atoms with van der Waals surface area (Å²) in [7, 11) is 0. The van der Waals surface area contributed by atoms with Crippen LogP contribution in [0.2, 0.25) is 0 Å². The van der Waals surface area contributed by atoms with E-state index in [0.29, 0.717) is 56.9 Å². The Balaban J connectivity index is 0.00000337. The topological polar surface area (TPSA) is 103 Å². The normalized spacial score (nSPS) is 23.1. The van der Waals surface area contributed by atoms with Crippen LogP contribution in [0.4, 0.5) is 4.39 Å². The number of nitrogens with one attached hydrogen (secondary N) is 4. The Morgan fingerprint density at radius 1 is 0.977 bits per heavy atom. The third-order valence-electron chi connectivity index (χ3n) is 9.55. The monoisotopic (exact) mass is 657 g/mol. The Kier molecular flexibility index (Phi) is 14.4. The van der Waals surface area contributed by atoms with Crippen LogP contribution in [-0.2, 0) is 20.8 Å². The molecule has 0 spiro atoms. The molecule has 1 aromatic carbocycles. The number of hydrogen-bond donors (Lipinski definition) is 4. The molecule has 4 N–H and O–H groups in total. The molecule has 3 atom stereocenters. The molecule has 2 aliphatic heterocycles. The number of benzene rings is 1. The van der Waals surface area contributed by atoms with Crippen LogP contribution in [0, 0.1) is 23.1 Å². The van der Waals surface area contributed by atoms with Crippen LogP contribution in [0.5, 0.6) is 0 Å². The second-order valence-corrected chi connectivity index (χ2v) is 14.1. The molecule has 2 heterocycles. The Labute approximate surface area is 275 Å². The van der Waals surface area contributed by atoms with Crippen molar-refractivity contribution in [3.63, 3.8) is 0 Å². The zero-order valence-electron chi connectivity index (χ0n) is 27.0. The van der Waals surface area contributed by atoms with Crippen molar-refractivity contribution in [3.8, 4) is 0 Å². The lowest BCUT2D eigenvalue weighted by Gasteiger charge is -2.48. The highest BCUT2D eigenvalue weighted by atomic mass is 35.5. The first-order valence-corrected chi connectivity index (χ1v) is 16.0. The van der Waals surface area contributed by atoms with Crippen molar-refractivity contribution in [2.24, 2.45) is 17.3 Å². The fourth-order valence-corrected chi connectivity index (χ4v) is 6.96. The van der Waals surface area contributed by atoms with E-state index in [1.165, 1.54) is 18.6 Å². The van der Waals surface area contributed by atoms with Gasteiger partial charge in [0.2, 0.25) is 17.7 Å². The minimum Gasteiger partial charge on any atom is -0.351 e. The van der Waals surface area contributed by atoms with Crippen LogP contribution in [0.15, 0.2) is 24.3 Å². The molecule has 0 radical (unpaired) electrons. The molecule has 3 amide bonds. The van der Waals surface area contributed by atoms with Gasteiger partial charge in [-0.1, -0.05) is 45.2 Å². The van der Waals surface area contributed by atoms with Crippen LogP contribution in [0.1, 0.15) is 85.1 Å². The van der Waals surface area contributed by atoms with Gasteiger partial charge in [0.1, 0.15) is 11.9 Å². The molecule has 0 unspecified atom stereocenters. The van der Waals surface area contributed by atoms with Crippen molar-refractivity contribution < 1.29 is 18.8 Å². The van der Waals surface area contributed by atoms with Gasteiger partial charge in [-0.05, 0) is 76.0 Å². The molecule has 3 fully saturated rings. The van der Waals surface area contributed by atoms with Gasteiger partial charge in [0, 0.05) is 44.2 Å². The van der Waals surface area contributed by atoms with Gasteiger partial charge in [-0.2, -0.15) is 0 Å². The second-order valence-electron chi connectivity index (χ2n) is 14.1. The molecule has 44 heavy (non-hydrogen) atoms. The predicted molar refractivity (Wildman–Crippen MR) is 178 cm³/mol. The number of amides is 3. The smallest absolute Gasteiger partial charge is 0.245 e. The number of nitrogens with zero attached hydrogens (tertiary/aromatic N) is 1. The molecule has 3 aliphatic rings. The Morgan fingerprint density at radius 3 is 2.11 bits per heavy atom. The molecule has 1 saturated carbocycles. The number of likely N-dealkylation sites (tertiary alicyclic amines) is 1. The van der Waals surface area contributed by atoms with Crippen molar-refractivity contribution >= 4 is 42.5 Å². The number of hydrogen-bond acceptors (Lipinski definition) is 5. The minimum atomic E-state index is -0.779. The second kappa shape index (κ2) is 16.6. The van der Waals surface area contributed by atoms with E-state index in [0.717, 1.165) is 31.2 Å². The van der Waals surface area contributed by atoms with E-state index in [2.05, 4.69) is 35.1 Å². The summed E-state index contributed by atoms with van der Waals surface area (Å²) in [6.45, 7) is 12.4. The van der Waals surface area contributed by atoms with Crippen molar-refractivity contribution in [2.75, 3.05) is 26.2 Å². The quantitative estimate of drug-likeness (QED) is 0.332. The van der Waals surface area contributed by atoms with Crippen LogP contribution in [0.3, 0.4) is 0 Å². The standard InChI is InChI=1S/C33H52FN5O3.2ClH/c1-22(2)27-20-36-28(21-35-27)29(40)37-26(19-23-11-13-25(34)14-12-23)30(41)39-17-15-33(16-18-39,24-9-7-6-8-10-24)31(42)38-32(3,4)5;;/h11-14,22,24,26-28,35-36H,6-10,15-21H2,1-5H3,(H,37,40)(H,38,42);2*1H/t26-,27-,28+;;/m1../s1.